The molecule has 3 aromatic rings. The zero-order chi connectivity index (χ0) is 14.8. The van der Waals surface area contributed by atoms with Gasteiger partial charge < -0.3 is 10.2 Å². The summed E-state index contributed by atoms with van der Waals surface area (Å²) in [5, 5.41) is 5.69. The molecule has 3 rings (SSSR count). The number of nitrogens with two attached hydrogens (primary N) is 1. The van der Waals surface area contributed by atoms with Gasteiger partial charge in [0.1, 0.15) is 10.8 Å². The maximum atomic E-state index is 5.92. The second-order valence-electron chi connectivity index (χ2n) is 4.76. The Balaban J connectivity index is 2.11. The van der Waals surface area contributed by atoms with Gasteiger partial charge in [0.2, 0.25) is 0 Å². The summed E-state index contributed by atoms with van der Waals surface area (Å²) in [7, 11) is 0. The van der Waals surface area contributed by atoms with E-state index in [9.17, 15) is 0 Å². The zero-order valence-electron chi connectivity index (χ0n) is 12.0. The first-order chi connectivity index (χ1) is 10.2. The Morgan fingerprint density at radius 1 is 1.19 bits per heavy atom. The van der Waals surface area contributed by atoms with E-state index < -0.39 is 0 Å². The third-order valence-corrected chi connectivity index (χ3v) is 4.62. The largest absolute Gasteiger partial charge is 0.468 e. The molecular weight excluding hydrogens is 282 g/mol. The van der Waals surface area contributed by atoms with Crippen LogP contribution < -0.4 is 5.73 Å². The first kappa shape index (κ1) is 14.0. The van der Waals surface area contributed by atoms with Crippen LogP contribution >= 0.6 is 11.8 Å². The average molecular weight is 299 g/mol. The van der Waals surface area contributed by atoms with Crippen molar-refractivity contribution >= 4 is 11.8 Å². The summed E-state index contributed by atoms with van der Waals surface area (Å²) < 4.78 is 7.33. The second kappa shape index (κ2) is 5.79. The summed E-state index contributed by atoms with van der Waals surface area (Å²) in [6.45, 7) is 4.42. The molecular formula is C16H17N3OS. The van der Waals surface area contributed by atoms with E-state index in [1.807, 2.05) is 54.9 Å². The summed E-state index contributed by atoms with van der Waals surface area (Å²) in [5.74, 6) is 0.904. The molecule has 0 aliphatic rings. The van der Waals surface area contributed by atoms with Crippen molar-refractivity contribution < 1.29 is 4.42 Å². The van der Waals surface area contributed by atoms with Gasteiger partial charge in [0.15, 0.2) is 0 Å². The SMILES string of the molecule is Cc1nn(-c2ccccc2)c(Sc2ccoc2C)c1CN. The van der Waals surface area contributed by atoms with Crippen molar-refractivity contribution in [1.82, 2.24) is 9.78 Å². The fourth-order valence-electron chi connectivity index (χ4n) is 2.21. The number of hydrogen-bond donors (Lipinski definition) is 1. The number of benzene rings is 1. The third-order valence-electron chi connectivity index (χ3n) is 3.36. The Morgan fingerprint density at radius 3 is 2.57 bits per heavy atom. The molecule has 2 heterocycles. The quantitative estimate of drug-likeness (QED) is 0.798. The van der Waals surface area contributed by atoms with E-state index in [2.05, 4.69) is 5.10 Å². The Morgan fingerprint density at radius 2 is 1.95 bits per heavy atom. The maximum absolute atomic E-state index is 5.92. The molecule has 2 aromatic heterocycles. The van der Waals surface area contributed by atoms with E-state index in [1.165, 1.54) is 0 Å². The van der Waals surface area contributed by atoms with Gasteiger partial charge in [-0.2, -0.15) is 5.10 Å². The summed E-state index contributed by atoms with van der Waals surface area (Å²) in [5.41, 5.74) is 8.99. The lowest BCUT2D eigenvalue weighted by atomic mass is 10.3. The number of furan rings is 1. The number of aryl methyl sites for hydroxylation is 2. The molecule has 0 fully saturated rings. The minimum atomic E-state index is 0.470. The number of para-hydroxylation sites is 1. The van der Waals surface area contributed by atoms with Crippen LogP contribution in [0.3, 0.4) is 0 Å². The summed E-state index contributed by atoms with van der Waals surface area (Å²) in [6.07, 6.45) is 1.70. The van der Waals surface area contributed by atoms with Gasteiger partial charge in [0.25, 0.3) is 0 Å². The molecule has 0 unspecified atom stereocenters. The lowest BCUT2D eigenvalue weighted by Crippen LogP contribution is -2.01. The molecule has 0 bridgehead atoms. The summed E-state index contributed by atoms with van der Waals surface area (Å²) in [4.78, 5) is 1.08. The van der Waals surface area contributed by atoms with E-state index in [1.54, 1.807) is 18.0 Å². The molecule has 21 heavy (non-hydrogen) atoms. The molecule has 0 atom stereocenters. The Labute approximate surface area is 128 Å². The Hall–Kier alpha value is -1.98. The predicted octanol–water partition coefficient (Wildman–Crippen LogP) is 3.69. The van der Waals surface area contributed by atoms with Gasteiger partial charge >= 0.3 is 0 Å². The van der Waals surface area contributed by atoms with Crippen LogP contribution in [0.25, 0.3) is 5.69 Å². The highest BCUT2D eigenvalue weighted by Crippen LogP contribution is 2.35. The van der Waals surface area contributed by atoms with E-state index in [4.69, 9.17) is 10.2 Å². The number of rotatable bonds is 4. The van der Waals surface area contributed by atoms with Crippen LogP contribution in [0.2, 0.25) is 0 Å². The van der Waals surface area contributed by atoms with Crippen LogP contribution in [0, 0.1) is 13.8 Å². The van der Waals surface area contributed by atoms with Gasteiger partial charge in [-0.3, -0.25) is 0 Å². The average Bonchev–Trinajstić information content (AvgIpc) is 3.04. The third kappa shape index (κ3) is 2.62. The van der Waals surface area contributed by atoms with E-state index in [0.29, 0.717) is 6.54 Å². The van der Waals surface area contributed by atoms with Crippen molar-refractivity contribution in [1.29, 1.82) is 0 Å². The van der Waals surface area contributed by atoms with Crippen LogP contribution in [0.1, 0.15) is 17.0 Å². The van der Waals surface area contributed by atoms with E-state index in [-0.39, 0.29) is 0 Å². The van der Waals surface area contributed by atoms with Crippen molar-refractivity contribution in [3.8, 4) is 5.69 Å². The van der Waals surface area contributed by atoms with E-state index >= 15 is 0 Å². The zero-order valence-corrected chi connectivity index (χ0v) is 12.9. The Bertz CT molecular complexity index is 746. The molecule has 1 aromatic carbocycles. The van der Waals surface area contributed by atoms with Crippen molar-refractivity contribution in [2.24, 2.45) is 5.73 Å². The fourth-order valence-corrected chi connectivity index (χ4v) is 3.32. The van der Waals surface area contributed by atoms with Crippen molar-refractivity contribution in [3.05, 3.63) is 59.7 Å². The van der Waals surface area contributed by atoms with Crippen LogP contribution in [0.4, 0.5) is 0 Å². The molecule has 0 saturated heterocycles. The molecule has 0 spiro atoms. The molecule has 0 aliphatic carbocycles. The van der Waals surface area contributed by atoms with Crippen LogP contribution in [-0.2, 0) is 6.54 Å². The predicted molar refractivity (Wildman–Crippen MR) is 83.8 cm³/mol. The topological polar surface area (TPSA) is 57.0 Å². The van der Waals surface area contributed by atoms with Gasteiger partial charge in [-0.1, -0.05) is 30.0 Å². The van der Waals surface area contributed by atoms with E-state index in [0.717, 1.165) is 32.6 Å². The fraction of sp³-hybridized carbons (Fsp3) is 0.188. The molecule has 0 saturated carbocycles. The standard InChI is InChI=1S/C16H17N3OS/c1-11-14(10-17)16(21-15-8-9-20-12(15)2)19(18-11)13-6-4-3-5-7-13/h3-9H,10,17H2,1-2H3. The van der Waals surface area contributed by atoms with Gasteiger partial charge in [-0.15, -0.1) is 0 Å². The number of nitrogens with zero attached hydrogens (tertiary/aromatic N) is 2. The summed E-state index contributed by atoms with van der Waals surface area (Å²) in [6, 6.07) is 12.1. The molecule has 108 valence electrons. The second-order valence-corrected chi connectivity index (χ2v) is 5.79. The highest BCUT2D eigenvalue weighted by atomic mass is 32.2. The molecule has 0 radical (unpaired) electrons. The monoisotopic (exact) mass is 299 g/mol. The van der Waals surface area contributed by atoms with Gasteiger partial charge in [0, 0.05) is 12.1 Å². The van der Waals surface area contributed by atoms with Gasteiger partial charge in [-0.05, 0) is 32.0 Å². The highest BCUT2D eigenvalue weighted by molar-refractivity contribution is 7.99. The van der Waals surface area contributed by atoms with Crippen LogP contribution in [-0.4, -0.2) is 9.78 Å². The maximum Gasteiger partial charge on any atom is 0.114 e. The van der Waals surface area contributed by atoms with Crippen molar-refractivity contribution in [2.45, 2.75) is 30.3 Å². The van der Waals surface area contributed by atoms with Crippen molar-refractivity contribution in [3.63, 3.8) is 0 Å². The lowest BCUT2D eigenvalue weighted by molar-refractivity contribution is 0.527. The lowest BCUT2D eigenvalue weighted by Gasteiger charge is -2.08. The molecule has 2 N–H and O–H groups in total. The minimum absolute atomic E-state index is 0.470. The highest BCUT2D eigenvalue weighted by Gasteiger charge is 2.18. The first-order valence-electron chi connectivity index (χ1n) is 6.76. The van der Waals surface area contributed by atoms with Crippen LogP contribution in [0.5, 0.6) is 0 Å². The normalized spacial score (nSPS) is 11.0. The molecule has 0 aliphatic heterocycles. The summed E-state index contributed by atoms with van der Waals surface area (Å²) >= 11 is 1.64. The molecule has 0 amide bonds. The van der Waals surface area contributed by atoms with Crippen LogP contribution in [0.15, 0.2) is 57.0 Å². The molecule has 5 heteroatoms. The van der Waals surface area contributed by atoms with Crippen molar-refractivity contribution in [2.75, 3.05) is 0 Å². The van der Waals surface area contributed by atoms with Gasteiger partial charge in [0.05, 0.1) is 22.5 Å². The Kier molecular flexibility index (Phi) is 3.86. The smallest absolute Gasteiger partial charge is 0.114 e. The molecule has 4 nitrogen and oxygen atoms in total. The first-order valence-corrected chi connectivity index (χ1v) is 7.58. The number of aromatic nitrogens is 2. The minimum Gasteiger partial charge on any atom is -0.468 e. The van der Waals surface area contributed by atoms with Gasteiger partial charge in [-0.25, -0.2) is 4.68 Å². The number of hydrogen-bond acceptors (Lipinski definition) is 4.